The number of nitrogens with zero attached hydrogens (tertiary/aromatic N) is 5. The summed E-state index contributed by atoms with van der Waals surface area (Å²) >= 11 is 0. The van der Waals surface area contributed by atoms with Gasteiger partial charge in [0.15, 0.2) is 5.65 Å². The highest BCUT2D eigenvalue weighted by molar-refractivity contribution is 5.79. The maximum Gasteiger partial charge on any atom is 0.379 e. The van der Waals surface area contributed by atoms with Crippen LogP contribution >= 0.6 is 0 Å². The molecule has 2 saturated carbocycles. The first-order chi connectivity index (χ1) is 16.0. The van der Waals surface area contributed by atoms with Gasteiger partial charge in [-0.05, 0) is 57.0 Å². The van der Waals surface area contributed by atoms with Crippen molar-refractivity contribution in [1.82, 2.24) is 15.0 Å². The monoisotopic (exact) mass is 464 g/mol. The van der Waals surface area contributed by atoms with Crippen molar-refractivity contribution >= 4 is 23.2 Å². The van der Waals surface area contributed by atoms with Gasteiger partial charge in [-0.3, -0.25) is 4.99 Å². The van der Waals surface area contributed by atoms with Crippen molar-refractivity contribution in [1.29, 1.82) is 0 Å². The second-order valence-corrected chi connectivity index (χ2v) is 8.12. The van der Waals surface area contributed by atoms with Crippen LogP contribution in [0.4, 0.5) is 19.1 Å². The molecule has 180 valence electrons. The molecule has 1 saturated heterocycles. The third kappa shape index (κ3) is 7.96. The lowest BCUT2D eigenvalue weighted by molar-refractivity contribution is 0.00819. The minimum Gasteiger partial charge on any atom is -0.405 e. The number of halogens is 3. The molecule has 2 aromatic rings. The van der Waals surface area contributed by atoms with Gasteiger partial charge in [-0.15, -0.1) is 0 Å². The lowest BCUT2D eigenvalue weighted by atomic mass is 9.82. The molecule has 3 heterocycles. The number of pyridine rings is 1. The highest BCUT2D eigenvalue weighted by Gasteiger charge is 2.26. The number of hydrogen-bond donors (Lipinski definition) is 1. The molecule has 1 aliphatic heterocycles. The summed E-state index contributed by atoms with van der Waals surface area (Å²) < 4.78 is 34.4. The van der Waals surface area contributed by atoms with E-state index in [0.717, 1.165) is 49.0 Å². The van der Waals surface area contributed by atoms with Gasteiger partial charge in [0.25, 0.3) is 0 Å². The fourth-order valence-electron chi connectivity index (χ4n) is 3.46. The van der Waals surface area contributed by atoms with Gasteiger partial charge in [-0.25, -0.2) is 9.97 Å². The highest BCUT2D eigenvalue weighted by Crippen LogP contribution is 2.38. The van der Waals surface area contributed by atoms with E-state index in [-0.39, 0.29) is 0 Å². The van der Waals surface area contributed by atoms with Crippen LogP contribution in [-0.2, 0) is 4.74 Å². The number of alkyl halides is 3. The Balaban J connectivity index is 0.000000212. The zero-order chi connectivity index (χ0) is 23.6. The fraction of sp³-hybridized carbons (Fsp3) is 0.565. The molecular weight excluding hydrogens is 433 g/mol. The Morgan fingerprint density at radius 2 is 1.79 bits per heavy atom. The first-order valence-electron chi connectivity index (χ1n) is 11.3. The SMILES string of the molecule is Cc1ccc2c(C3CCC3)nc(N3CCOCC3)nc2n1.FC(F)F.N/C=C\C=NC1CC1. The number of hydrogen-bond acceptors (Lipinski definition) is 7. The Hall–Kier alpha value is -2.75. The van der Waals surface area contributed by atoms with Gasteiger partial charge < -0.3 is 15.4 Å². The number of aryl methyl sites for hydroxylation is 1. The van der Waals surface area contributed by atoms with Gasteiger partial charge in [0.2, 0.25) is 5.95 Å². The summed E-state index contributed by atoms with van der Waals surface area (Å²) in [7, 11) is 0. The van der Waals surface area contributed by atoms with Crippen molar-refractivity contribution < 1.29 is 17.9 Å². The number of morpholine rings is 1. The largest absolute Gasteiger partial charge is 0.405 e. The van der Waals surface area contributed by atoms with E-state index in [4.69, 9.17) is 20.4 Å². The molecule has 0 amide bonds. The Morgan fingerprint density at radius 3 is 2.36 bits per heavy atom. The summed E-state index contributed by atoms with van der Waals surface area (Å²) in [6.45, 7) is 1.57. The third-order valence-corrected chi connectivity index (χ3v) is 5.54. The number of aliphatic imine (C=N–C) groups is 1. The Bertz CT molecular complexity index is 938. The number of nitrogens with two attached hydrogens (primary N) is 1. The van der Waals surface area contributed by atoms with Gasteiger partial charge in [0, 0.05) is 36.3 Å². The smallest absolute Gasteiger partial charge is 0.379 e. The molecule has 10 heteroatoms. The van der Waals surface area contributed by atoms with Gasteiger partial charge in [-0.2, -0.15) is 18.2 Å². The summed E-state index contributed by atoms with van der Waals surface area (Å²) in [5.41, 5.74) is 8.11. The third-order valence-electron chi connectivity index (χ3n) is 5.54. The van der Waals surface area contributed by atoms with Crippen molar-refractivity contribution in [2.24, 2.45) is 10.7 Å². The molecule has 0 bridgehead atoms. The van der Waals surface area contributed by atoms with E-state index in [0.29, 0.717) is 12.0 Å². The van der Waals surface area contributed by atoms with Crippen LogP contribution in [0, 0.1) is 6.92 Å². The maximum absolute atomic E-state index is 9.67. The molecule has 2 N–H and O–H groups in total. The number of ether oxygens (including phenoxy) is 1. The lowest BCUT2D eigenvalue weighted by Crippen LogP contribution is -2.37. The average molecular weight is 465 g/mol. The molecule has 2 aliphatic carbocycles. The topological polar surface area (TPSA) is 89.5 Å². The normalized spacial score (nSPS) is 18.8. The number of fused-ring (bicyclic) bond motifs is 1. The van der Waals surface area contributed by atoms with E-state index in [1.165, 1.54) is 44.0 Å². The Labute approximate surface area is 192 Å². The number of allylic oxidation sites excluding steroid dienone is 1. The molecule has 0 spiro atoms. The van der Waals surface area contributed by atoms with Crippen LogP contribution < -0.4 is 10.6 Å². The predicted octanol–water partition coefficient (Wildman–Crippen LogP) is 4.31. The van der Waals surface area contributed by atoms with Crippen LogP contribution in [0.3, 0.4) is 0 Å². The van der Waals surface area contributed by atoms with Crippen molar-refractivity contribution in [3.05, 3.63) is 35.8 Å². The van der Waals surface area contributed by atoms with E-state index in [2.05, 4.69) is 27.0 Å². The summed E-state index contributed by atoms with van der Waals surface area (Å²) in [5.74, 6) is 1.41. The van der Waals surface area contributed by atoms with Crippen molar-refractivity contribution in [2.75, 3.05) is 31.2 Å². The minimum atomic E-state index is -3.67. The molecule has 2 aromatic heterocycles. The molecule has 0 aromatic carbocycles. The molecule has 3 fully saturated rings. The van der Waals surface area contributed by atoms with Crippen LogP contribution in [-0.4, -0.2) is 60.2 Å². The van der Waals surface area contributed by atoms with Crippen molar-refractivity contribution in [3.63, 3.8) is 0 Å². The summed E-state index contributed by atoms with van der Waals surface area (Å²) in [5, 5.41) is 1.13. The zero-order valence-electron chi connectivity index (χ0n) is 18.8. The quantitative estimate of drug-likeness (QED) is 0.679. The van der Waals surface area contributed by atoms with Crippen LogP contribution in [0.15, 0.2) is 29.4 Å². The van der Waals surface area contributed by atoms with Gasteiger partial charge >= 0.3 is 6.68 Å². The molecule has 0 radical (unpaired) electrons. The molecule has 5 rings (SSSR count). The second-order valence-electron chi connectivity index (χ2n) is 8.12. The number of anilines is 1. The lowest BCUT2D eigenvalue weighted by Gasteiger charge is -2.30. The van der Waals surface area contributed by atoms with Gasteiger partial charge in [-0.1, -0.05) is 6.42 Å². The predicted molar refractivity (Wildman–Crippen MR) is 124 cm³/mol. The Kier molecular flexibility index (Phi) is 9.41. The van der Waals surface area contributed by atoms with E-state index < -0.39 is 6.68 Å². The van der Waals surface area contributed by atoms with Gasteiger partial charge in [0.1, 0.15) is 0 Å². The number of rotatable bonds is 4. The summed E-state index contributed by atoms with van der Waals surface area (Å²) in [6, 6.07) is 4.81. The molecule has 33 heavy (non-hydrogen) atoms. The molecule has 7 nitrogen and oxygen atoms in total. The summed E-state index contributed by atoms with van der Waals surface area (Å²) in [4.78, 5) is 20.6. The first kappa shape index (κ1) is 24.9. The molecule has 0 atom stereocenters. The van der Waals surface area contributed by atoms with Crippen LogP contribution in [0.2, 0.25) is 0 Å². The minimum absolute atomic E-state index is 0.583. The molecule has 0 unspecified atom stereocenters. The zero-order valence-corrected chi connectivity index (χ0v) is 18.8. The first-order valence-corrected chi connectivity index (χ1v) is 11.3. The van der Waals surface area contributed by atoms with Crippen molar-refractivity contribution in [3.8, 4) is 0 Å². The van der Waals surface area contributed by atoms with E-state index in [1.807, 2.05) is 6.92 Å². The van der Waals surface area contributed by atoms with Gasteiger partial charge in [0.05, 0.1) is 24.9 Å². The van der Waals surface area contributed by atoms with Crippen LogP contribution in [0.25, 0.3) is 11.0 Å². The molecule has 3 aliphatic rings. The Morgan fingerprint density at radius 1 is 1.09 bits per heavy atom. The molecular formula is C23H31F3N6O. The van der Waals surface area contributed by atoms with Crippen LogP contribution in [0.5, 0.6) is 0 Å². The fourth-order valence-corrected chi connectivity index (χ4v) is 3.46. The van der Waals surface area contributed by atoms with E-state index in [9.17, 15) is 13.2 Å². The van der Waals surface area contributed by atoms with E-state index in [1.54, 1.807) is 12.3 Å². The highest BCUT2D eigenvalue weighted by atomic mass is 19.4. The second kappa shape index (κ2) is 12.5. The average Bonchev–Trinajstić information content (AvgIpc) is 3.57. The van der Waals surface area contributed by atoms with Crippen LogP contribution in [0.1, 0.15) is 49.4 Å². The van der Waals surface area contributed by atoms with E-state index >= 15 is 0 Å². The number of aromatic nitrogens is 3. The van der Waals surface area contributed by atoms with Crippen molar-refractivity contribution in [2.45, 2.75) is 57.7 Å². The summed E-state index contributed by atoms with van der Waals surface area (Å²) in [6.07, 6.45) is 11.3. The standard InChI is InChI=1S/C16H20N4O.C6H10N2.CHF3/c1-11-5-6-13-14(12-3-2-4-12)18-16(19-15(13)17-11)20-7-9-21-10-8-20;7-4-1-5-8-6-2-3-6;2-1(3)4/h5-6,12H,2-4,7-10H2,1H3;1,4-6H,2-3,7H2;1H/b;4-1-,8-5?;. The maximum atomic E-state index is 9.67.